The molecule has 0 aliphatic carbocycles. The molecule has 2 aromatic carbocycles. The normalized spacial score (nSPS) is 21.6. The second-order valence-electron chi connectivity index (χ2n) is 4.26. The maximum atomic E-state index is 12.2. The smallest absolute Gasteiger partial charge is 0.194 e. The number of carbonyl (C=O) groups is 1. The highest BCUT2D eigenvalue weighted by Crippen LogP contribution is 2.40. The van der Waals surface area contributed by atoms with Crippen molar-refractivity contribution in [2.45, 2.75) is 12.2 Å². The number of ketones is 1. The molecule has 1 aliphatic heterocycles. The van der Waals surface area contributed by atoms with Crippen molar-refractivity contribution in [1.29, 1.82) is 0 Å². The van der Waals surface area contributed by atoms with E-state index >= 15 is 0 Å². The van der Waals surface area contributed by atoms with E-state index in [1.807, 2.05) is 54.6 Å². The van der Waals surface area contributed by atoms with Crippen molar-refractivity contribution in [2.24, 2.45) is 0 Å². The van der Waals surface area contributed by atoms with Crippen molar-refractivity contribution in [3.8, 4) is 0 Å². The highest BCUT2D eigenvalue weighted by atomic mass is 79.9. The molecule has 2 nitrogen and oxygen atoms in total. The summed E-state index contributed by atoms with van der Waals surface area (Å²) >= 11 is 3.35. The first-order valence-corrected chi connectivity index (χ1v) is 6.55. The predicted octanol–water partition coefficient (Wildman–Crippen LogP) is 3.77. The Bertz CT molecular complexity index is 563. The van der Waals surface area contributed by atoms with Crippen LogP contribution in [0.4, 0.5) is 0 Å². The van der Waals surface area contributed by atoms with Gasteiger partial charge in [0.05, 0.1) is 0 Å². The molecule has 0 spiro atoms. The molecule has 2 atom stereocenters. The third-order valence-corrected chi connectivity index (χ3v) is 3.54. The summed E-state index contributed by atoms with van der Waals surface area (Å²) in [6.07, 6.45) is -0.407. The molecule has 1 fully saturated rings. The molecule has 0 N–H and O–H groups in total. The fourth-order valence-corrected chi connectivity index (χ4v) is 2.25. The third-order valence-electron chi connectivity index (χ3n) is 3.01. The highest BCUT2D eigenvalue weighted by molar-refractivity contribution is 9.10. The Morgan fingerprint density at radius 3 is 2.33 bits per heavy atom. The van der Waals surface area contributed by atoms with E-state index in [4.69, 9.17) is 4.74 Å². The van der Waals surface area contributed by atoms with E-state index < -0.39 is 0 Å². The van der Waals surface area contributed by atoms with E-state index in [2.05, 4.69) is 15.9 Å². The molecule has 3 heteroatoms. The van der Waals surface area contributed by atoms with Crippen LogP contribution in [0, 0.1) is 0 Å². The van der Waals surface area contributed by atoms with E-state index in [1.165, 1.54) is 0 Å². The maximum absolute atomic E-state index is 12.2. The Labute approximate surface area is 114 Å². The van der Waals surface area contributed by atoms with Crippen molar-refractivity contribution >= 4 is 21.7 Å². The first-order chi connectivity index (χ1) is 8.75. The fraction of sp³-hybridized carbons (Fsp3) is 0.133. The molecule has 18 heavy (non-hydrogen) atoms. The minimum Gasteiger partial charge on any atom is -0.356 e. The lowest BCUT2D eigenvalue weighted by molar-refractivity contribution is 0.0953. The van der Waals surface area contributed by atoms with E-state index in [1.54, 1.807) is 0 Å². The van der Waals surface area contributed by atoms with Gasteiger partial charge >= 0.3 is 0 Å². The molecule has 1 aliphatic rings. The lowest BCUT2D eigenvalue weighted by atomic mass is 10.0. The minimum atomic E-state index is -0.325. The molecule has 0 saturated carbocycles. The molecule has 90 valence electrons. The largest absolute Gasteiger partial charge is 0.356 e. The van der Waals surface area contributed by atoms with Gasteiger partial charge in [0.1, 0.15) is 6.10 Å². The average molecular weight is 303 g/mol. The second-order valence-corrected chi connectivity index (χ2v) is 5.17. The number of carbonyl (C=O) groups excluding carboxylic acids is 1. The van der Waals surface area contributed by atoms with Crippen LogP contribution in [0.15, 0.2) is 59.1 Å². The number of benzene rings is 2. The summed E-state index contributed by atoms with van der Waals surface area (Å²) in [6.45, 7) is 0. The Hall–Kier alpha value is -1.45. The maximum Gasteiger partial charge on any atom is 0.194 e. The van der Waals surface area contributed by atoms with Crippen molar-refractivity contribution in [1.82, 2.24) is 0 Å². The zero-order valence-corrected chi connectivity index (χ0v) is 11.1. The molecular weight excluding hydrogens is 292 g/mol. The summed E-state index contributed by atoms with van der Waals surface area (Å²) in [5, 5.41) is 0. The lowest BCUT2D eigenvalue weighted by Gasteiger charge is -1.98. The van der Waals surface area contributed by atoms with Crippen LogP contribution in [0.1, 0.15) is 22.0 Å². The second kappa shape index (κ2) is 4.67. The summed E-state index contributed by atoms with van der Waals surface area (Å²) in [7, 11) is 0. The Balaban J connectivity index is 1.75. The molecule has 1 saturated heterocycles. The van der Waals surface area contributed by atoms with Gasteiger partial charge in [0.2, 0.25) is 0 Å². The van der Waals surface area contributed by atoms with E-state index in [0.717, 1.165) is 10.0 Å². The predicted molar refractivity (Wildman–Crippen MR) is 72.5 cm³/mol. The van der Waals surface area contributed by atoms with Gasteiger partial charge in [0.15, 0.2) is 11.9 Å². The van der Waals surface area contributed by atoms with Crippen molar-refractivity contribution in [3.05, 3.63) is 70.2 Å². The number of rotatable bonds is 3. The van der Waals surface area contributed by atoms with E-state index in [0.29, 0.717) is 5.56 Å². The fourth-order valence-electron chi connectivity index (χ4n) is 1.99. The van der Waals surface area contributed by atoms with Gasteiger partial charge < -0.3 is 4.74 Å². The standard InChI is InChI=1S/C15H11BrO2/c16-12-8-6-10(7-9-12)13(17)15-14(18-15)11-4-2-1-3-5-11/h1-9,14-15H/t14-,15+/m0/s1. The first kappa shape index (κ1) is 11.6. The number of ether oxygens (including phenoxy) is 1. The van der Waals surface area contributed by atoms with Gasteiger partial charge in [0, 0.05) is 10.0 Å². The zero-order valence-electron chi connectivity index (χ0n) is 9.55. The van der Waals surface area contributed by atoms with Gasteiger partial charge in [-0.25, -0.2) is 0 Å². The van der Waals surface area contributed by atoms with Gasteiger partial charge in [-0.2, -0.15) is 0 Å². The summed E-state index contributed by atoms with van der Waals surface area (Å²) in [6, 6.07) is 17.2. The van der Waals surface area contributed by atoms with Crippen LogP contribution in [0.5, 0.6) is 0 Å². The van der Waals surface area contributed by atoms with Gasteiger partial charge in [-0.05, 0) is 17.7 Å². The van der Waals surface area contributed by atoms with Crippen LogP contribution in [0.25, 0.3) is 0 Å². The van der Waals surface area contributed by atoms with E-state index in [-0.39, 0.29) is 18.0 Å². The summed E-state index contributed by atoms with van der Waals surface area (Å²) in [4.78, 5) is 12.2. The van der Waals surface area contributed by atoms with E-state index in [9.17, 15) is 4.79 Å². The zero-order chi connectivity index (χ0) is 12.5. The van der Waals surface area contributed by atoms with Gasteiger partial charge in [0.25, 0.3) is 0 Å². The van der Waals surface area contributed by atoms with Gasteiger partial charge in [-0.15, -0.1) is 0 Å². The topological polar surface area (TPSA) is 29.6 Å². The number of halogens is 1. The molecule has 0 unspecified atom stereocenters. The number of epoxide rings is 1. The Morgan fingerprint density at radius 2 is 1.67 bits per heavy atom. The molecular formula is C15H11BrO2. The lowest BCUT2D eigenvalue weighted by Crippen LogP contribution is -2.07. The van der Waals surface area contributed by atoms with Gasteiger partial charge in [-0.1, -0.05) is 58.4 Å². The number of hydrogen-bond donors (Lipinski definition) is 0. The minimum absolute atomic E-state index is 0.0522. The summed E-state index contributed by atoms with van der Waals surface area (Å²) in [5.74, 6) is 0.0522. The summed E-state index contributed by atoms with van der Waals surface area (Å²) in [5.41, 5.74) is 1.76. The van der Waals surface area contributed by atoms with Crippen LogP contribution in [0.3, 0.4) is 0 Å². The third kappa shape index (κ3) is 2.24. The Morgan fingerprint density at radius 1 is 1.00 bits per heavy atom. The quantitative estimate of drug-likeness (QED) is 0.638. The first-order valence-electron chi connectivity index (χ1n) is 5.76. The summed E-state index contributed by atoms with van der Waals surface area (Å²) < 4.78 is 6.46. The molecule has 0 bridgehead atoms. The number of Topliss-reactive ketones (excluding diaryl/α,β-unsaturated/α-hetero) is 1. The van der Waals surface area contributed by atoms with Crippen molar-refractivity contribution in [3.63, 3.8) is 0 Å². The Kier molecular flexibility index (Phi) is 3.02. The molecule has 0 amide bonds. The molecule has 1 heterocycles. The highest BCUT2D eigenvalue weighted by Gasteiger charge is 2.45. The molecule has 0 radical (unpaired) electrons. The monoisotopic (exact) mass is 302 g/mol. The SMILES string of the molecule is O=C(c1ccc(Br)cc1)[C@H]1O[C@H]1c1ccccc1. The van der Waals surface area contributed by atoms with Gasteiger partial charge in [-0.3, -0.25) is 4.79 Å². The average Bonchev–Trinajstić information content (AvgIpc) is 3.20. The molecule has 2 aromatic rings. The van der Waals surface area contributed by atoms with Crippen LogP contribution >= 0.6 is 15.9 Å². The van der Waals surface area contributed by atoms with Crippen molar-refractivity contribution < 1.29 is 9.53 Å². The number of hydrogen-bond acceptors (Lipinski definition) is 2. The van der Waals surface area contributed by atoms with Crippen LogP contribution in [-0.4, -0.2) is 11.9 Å². The van der Waals surface area contributed by atoms with Crippen LogP contribution in [0.2, 0.25) is 0 Å². The van der Waals surface area contributed by atoms with Crippen LogP contribution in [-0.2, 0) is 4.74 Å². The van der Waals surface area contributed by atoms with Crippen molar-refractivity contribution in [2.75, 3.05) is 0 Å². The molecule has 0 aromatic heterocycles. The molecule has 3 rings (SSSR count). The van der Waals surface area contributed by atoms with Crippen LogP contribution < -0.4 is 0 Å².